The highest BCUT2D eigenvalue weighted by atomic mass is 32.2. The van der Waals surface area contributed by atoms with E-state index in [0.29, 0.717) is 29.2 Å². The van der Waals surface area contributed by atoms with Gasteiger partial charge < -0.3 is 10.1 Å². The van der Waals surface area contributed by atoms with Crippen LogP contribution < -0.4 is 14.8 Å². The van der Waals surface area contributed by atoms with E-state index >= 15 is 0 Å². The summed E-state index contributed by atoms with van der Waals surface area (Å²) in [5.74, 6) is -0.551. The Morgan fingerprint density at radius 3 is 2.21 bits per heavy atom. The first-order chi connectivity index (χ1) is 16.2. The van der Waals surface area contributed by atoms with Crippen LogP contribution >= 0.6 is 0 Å². The summed E-state index contributed by atoms with van der Waals surface area (Å²) in [5.41, 5.74) is 1.48. The Balaban J connectivity index is 1.65. The highest BCUT2D eigenvalue weighted by molar-refractivity contribution is 7.92. The molecule has 0 bridgehead atoms. The molecule has 3 aromatic carbocycles. The number of ether oxygens (including phenoxy) is 1. The van der Waals surface area contributed by atoms with Crippen molar-refractivity contribution in [1.29, 1.82) is 0 Å². The molecular formula is C25H25FN2O5S. The fourth-order valence-electron chi connectivity index (χ4n) is 3.19. The van der Waals surface area contributed by atoms with Gasteiger partial charge in [0.05, 0.1) is 11.5 Å². The first-order valence-corrected chi connectivity index (χ1v) is 12.1. The summed E-state index contributed by atoms with van der Waals surface area (Å²) in [7, 11) is -3.92. The van der Waals surface area contributed by atoms with Crippen molar-refractivity contribution in [3.05, 3.63) is 83.7 Å². The monoisotopic (exact) mass is 484 g/mol. The topological polar surface area (TPSA) is 102 Å². The van der Waals surface area contributed by atoms with E-state index in [2.05, 4.69) is 10.0 Å². The number of hydrogen-bond acceptors (Lipinski definition) is 5. The third-order valence-corrected chi connectivity index (χ3v) is 6.45. The van der Waals surface area contributed by atoms with Gasteiger partial charge in [-0.2, -0.15) is 0 Å². The van der Waals surface area contributed by atoms with Crippen LogP contribution in [0, 0.1) is 12.7 Å². The average Bonchev–Trinajstić information content (AvgIpc) is 2.80. The lowest BCUT2D eigenvalue weighted by Gasteiger charge is -2.13. The zero-order valence-electron chi connectivity index (χ0n) is 18.8. The Hall–Kier alpha value is -3.72. The van der Waals surface area contributed by atoms with Crippen LogP contribution in [-0.2, 0) is 14.8 Å². The van der Waals surface area contributed by atoms with Gasteiger partial charge in [-0.05, 0) is 80.1 Å². The highest BCUT2D eigenvalue weighted by Crippen LogP contribution is 2.24. The second-order valence-corrected chi connectivity index (χ2v) is 9.17. The van der Waals surface area contributed by atoms with Gasteiger partial charge in [0.15, 0.2) is 5.78 Å². The Bertz CT molecular complexity index is 1270. The van der Waals surface area contributed by atoms with Crippen LogP contribution in [0.25, 0.3) is 0 Å². The van der Waals surface area contributed by atoms with Crippen molar-refractivity contribution in [1.82, 2.24) is 0 Å². The molecule has 178 valence electrons. The normalized spacial score (nSPS) is 11.0. The maximum atomic E-state index is 13.0. The minimum absolute atomic E-state index is 0.0153. The van der Waals surface area contributed by atoms with E-state index in [1.54, 1.807) is 43.3 Å². The quantitative estimate of drug-likeness (QED) is 0.397. The number of amides is 1. The molecule has 0 fully saturated rings. The highest BCUT2D eigenvalue weighted by Gasteiger charge is 2.19. The van der Waals surface area contributed by atoms with Crippen molar-refractivity contribution in [3.8, 4) is 5.75 Å². The molecule has 3 rings (SSSR count). The summed E-state index contributed by atoms with van der Waals surface area (Å²) in [6.07, 6.45) is -0.162. The van der Waals surface area contributed by atoms with E-state index in [0.717, 1.165) is 0 Å². The van der Waals surface area contributed by atoms with Crippen LogP contribution in [0.2, 0.25) is 0 Å². The molecule has 0 aromatic heterocycles. The van der Waals surface area contributed by atoms with Crippen LogP contribution in [0.15, 0.2) is 71.6 Å². The Kier molecular flexibility index (Phi) is 8.01. The lowest BCUT2D eigenvalue weighted by molar-refractivity contribution is -0.116. The first-order valence-electron chi connectivity index (χ1n) is 10.6. The molecule has 34 heavy (non-hydrogen) atoms. The lowest BCUT2D eigenvalue weighted by Crippen LogP contribution is -2.16. The number of carbonyl (C=O) groups excluding carboxylic acids is 2. The molecule has 2 N–H and O–H groups in total. The second-order valence-electron chi connectivity index (χ2n) is 7.52. The van der Waals surface area contributed by atoms with Crippen molar-refractivity contribution < 1.29 is 27.1 Å². The second kappa shape index (κ2) is 10.9. The molecule has 7 nitrogen and oxygen atoms in total. The van der Waals surface area contributed by atoms with Crippen LogP contribution in [0.1, 0.15) is 35.7 Å². The van der Waals surface area contributed by atoms with Crippen LogP contribution in [0.5, 0.6) is 5.75 Å². The van der Waals surface area contributed by atoms with Gasteiger partial charge >= 0.3 is 0 Å². The molecule has 0 heterocycles. The number of nitrogens with one attached hydrogen (secondary N) is 2. The van der Waals surface area contributed by atoms with Gasteiger partial charge in [0, 0.05) is 29.8 Å². The minimum Gasteiger partial charge on any atom is -0.494 e. The molecule has 0 saturated heterocycles. The molecule has 0 aliphatic rings. The number of rotatable bonds is 10. The SMILES string of the molecule is CCOc1ccc(NS(=O)(=O)c2cc(NC(=O)CCC(=O)c3ccc(F)cc3)ccc2C)cc1. The Morgan fingerprint density at radius 1 is 0.912 bits per heavy atom. The number of anilines is 2. The number of carbonyl (C=O) groups is 2. The standard InChI is InChI=1S/C25H25FN2O5S/c1-3-33-22-12-10-20(11-13-22)28-34(31,32)24-16-21(9-4-17(24)2)27-25(30)15-14-23(29)18-5-7-19(26)8-6-18/h4-13,16,28H,3,14-15H2,1-2H3,(H,27,30). The van der Waals surface area contributed by atoms with E-state index in [1.807, 2.05) is 6.92 Å². The van der Waals surface area contributed by atoms with Gasteiger partial charge in [0.25, 0.3) is 10.0 Å². The number of hydrogen-bond donors (Lipinski definition) is 2. The molecule has 0 radical (unpaired) electrons. The number of sulfonamides is 1. The Morgan fingerprint density at radius 2 is 1.56 bits per heavy atom. The van der Waals surface area contributed by atoms with E-state index in [1.165, 1.54) is 30.3 Å². The number of aryl methyl sites for hydroxylation is 1. The Labute approximate surface area is 198 Å². The fourth-order valence-corrected chi connectivity index (χ4v) is 4.52. The third-order valence-electron chi connectivity index (χ3n) is 4.92. The predicted octanol–water partition coefficient (Wildman–Crippen LogP) is 4.94. The van der Waals surface area contributed by atoms with Crippen molar-refractivity contribution >= 4 is 33.1 Å². The van der Waals surface area contributed by atoms with Crippen LogP contribution in [0.3, 0.4) is 0 Å². The summed E-state index contributed by atoms with van der Waals surface area (Å²) in [6, 6.07) is 16.2. The summed E-state index contributed by atoms with van der Waals surface area (Å²) in [4.78, 5) is 24.5. The molecule has 1 amide bonds. The molecule has 3 aromatic rings. The molecule has 0 spiro atoms. The van der Waals surface area contributed by atoms with Crippen molar-refractivity contribution in [2.24, 2.45) is 0 Å². The molecule has 0 unspecified atom stereocenters. The third kappa shape index (κ3) is 6.64. The van der Waals surface area contributed by atoms with Gasteiger partial charge in [-0.1, -0.05) is 6.07 Å². The van der Waals surface area contributed by atoms with Crippen molar-refractivity contribution in [2.45, 2.75) is 31.6 Å². The maximum absolute atomic E-state index is 13.0. The van der Waals surface area contributed by atoms with Crippen molar-refractivity contribution in [2.75, 3.05) is 16.6 Å². The number of halogens is 1. The van der Waals surface area contributed by atoms with E-state index in [9.17, 15) is 22.4 Å². The maximum Gasteiger partial charge on any atom is 0.262 e. The average molecular weight is 485 g/mol. The van der Waals surface area contributed by atoms with E-state index in [4.69, 9.17) is 4.74 Å². The molecule has 9 heteroatoms. The molecule has 0 saturated carbocycles. The van der Waals surface area contributed by atoms with Gasteiger partial charge in [-0.15, -0.1) is 0 Å². The van der Waals surface area contributed by atoms with E-state index in [-0.39, 0.29) is 29.2 Å². The van der Waals surface area contributed by atoms with E-state index < -0.39 is 21.7 Å². The molecule has 0 aliphatic carbocycles. The summed E-state index contributed by atoms with van der Waals surface area (Å²) < 4.78 is 46.7. The lowest BCUT2D eigenvalue weighted by atomic mass is 10.1. The fraction of sp³-hybridized carbons (Fsp3) is 0.200. The van der Waals surface area contributed by atoms with Gasteiger partial charge in [0.1, 0.15) is 11.6 Å². The molecule has 0 atom stereocenters. The first kappa shape index (κ1) is 24.9. The number of Topliss-reactive ketones (excluding diaryl/α,β-unsaturated/α-hetero) is 1. The molecule has 0 aliphatic heterocycles. The summed E-state index contributed by atoms with van der Waals surface area (Å²) >= 11 is 0. The zero-order valence-corrected chi connectivity index (χ0v) is 19.6. The van der Waals surface area contributed by atoms with Crippen LogP contribution in [-0.4, -0.2) is 26.7 Å². The predicted molar refractivity (Wildman–Crippen MR) is 128 cm³/mol. The zero-order chi connectivity index (χ0) is 24.7. The van der Waals surface area contributed by atoms with Gasteiger partial charge in [0.2, 0.25) is 5.91 Å². The minimum atomic E-state index is -3.92. The number of benzene rings is 3. The number of ketones is 1. The summed E-state index contributed by atoms with van der Waals surface area (Å²) in [5, 5.41) is 2.62. The van der Waals surface area contributed by atoms with Gasteiger partial charge in [-0.3, -0.25) is 14.3 Å². The van der Waals surface area contributed by atoms with Crippen molar-refractivity contribution in [3.63, 3.8) is 0 Å². The van der Waals surface area contributed by atoms with Gasteiger partial charge in [-0.25, -0.2) is 12.8 Å². The van der Waals surface area contributed by atoms with Crippen LogP contribution in [0.4, 0.5) is 15.8 Å². The summed E-state index contributed by atoms with van der Waals surface area (Å²) in [6.45, 7) is 4.01. The largest absolute Gasteiger partial charge is 0.494 e. The smallest absolute Gasteiger partial charge is 0.262 e. The molecular weight excluding hydrogens is 459 g/mol.